The lowest BCUT2D eigenvalue weighted by Crippen LogP contribution is -2.32. The number of imide groups is 1. The summed E-state index contributed by atoms with van der Waals surface area (Å²) in [6.45, 7) is 6.01. The number of amides is 2. The zero-order valence-corrected chi connectivity index (χ0v) is 14.4. The molecule has 1 heterocycles. The molecule has 1 N–H and O–H groups in total. The smallest absolute Gasteiger partial charge is 0.278 e. The second kappa shape index (κ2) is 6.51. The molecular weight excluding hydrogens is 319 g/mol. The fraction of sp³-hybridized carbons (Fsp3) is 0.200. The fourth-order valence-corrected chi connectivity index (χ4v) is 2.82. The van der Waals surface area contributed by atoms with Gasteiger partial charge in [0.1, 0.15) is 11.5 Å². The third-order valence-corrected chi connectivity index (χ3v) is 4.39. The van der Waals surface area contributed by atoms with Gasteiger partial charge in [-0.3, -0.25) is 14.5 Å². The van der Waals surface area contributed by atoms with Crippen LogP contribution in [0.5, 0.6) is 0 Å². The van der Waals surface area contributed by atoms with Crippen molar-refractivity contribution in [2.24, 2.45) is 0 Å². The third kappa shape index (κ3) is 3.05. The Hall–Kier alpha value is -2.95. The van der Waals surface area contributed by atoms with Crippen molar-refractivity contribution in [3.63, 3.8) is 0 Å². The predicted molar refractivity (Wildman–Crippen MR) is 95.3 cm³/mol. The number of aryl methyl sites for hydroxylation is 2. The summed E-state index contributed by atoms with van der Waals surface area (Å²) in [5.41, 5.74) is 3.97. The molecule has 0 radical (unpaired) electrons. The summed E-state index contributed by atoms with van der Waals surface area (Å²) in [7, 11) is 0. The van der Waals surface area contributed by atoms with Gasteiger partial charge in [-0.15, -0.1) is 0 Å². The van der Waals surface area contributed by atoms with Crippen LogP contribution in [0.25, 0.3) is 5.57 Å². The number of carbonyl (C=O) groups is 2. The molecule has 0 unspecified atom stereocenters. The van der Waals surface area contributed by atoms with Crippen molar-refractivity contribution in [2.45, 2.75) is 20.8 Å². The average Bonchev–Trinajstić information content (AvgIpc) is 2.82. The Balaban J connectivity index is 2.10. The van der Waals surface area contributed by atoms with Gasteiger partial charge in [0.15, 0.2) is 0 Å². The van der Waals surface area contributed by atoms with Crippen molar-refractivity contribution in [1.82, 2.24) is 4.90 Å². The van der Waals surface area contributed by atoms with Gasteiger partial charge < -0.3 is 5.32 Å². The summed E-state index contributed by atoms with van der Waals surface area (Å²) < 4.78 is 13.1. The first-order valence-electron chi connectivity index (χ1n) is 8.13. The lowest BCUT2D eigenvalue weighted by Gasteiger charge is -2.12. The molecule has 4 nitrogen and oxygen atoms in total. The lowest BCUT2D eigenvalue weighted by atomic mass is 9.99. The zero-order chi connectivity index (χ0) is 18.1. The minimum Gasteiger partial charge on any atom is -0.350 e. The molecule has 0 saturated heterocycles. The Bertz CT molecular complexity index is 885. The van der Waals surface area contributed by atoms with Gasteiger partial charge in [-0.1, -0.05) is 18.2 Å². The van der Waals surface area contributed by atoms with Gasteiger partial charge in [-0.25, -0.2) is 4.39 Å². The Morgan fingerprint density at radius 1 is 0.960 bits per heavy atom. The van der Waals surface area contributed by atoms with Crippen molar-refractivity contribution in [3.05, 3.63) is 70.7 Å². The molecule has 0 spiro atoms. The topological polar surface area (TPSA) is 49.4 Å². The van der Waals surface area contributed by atoms with E-state index in [1.165, 1.54) is 29.2 Å². The molecule has 0 aliphatic carbocycles. The predicted octanol–water partition coefficient (Wildman–Crippen LogP) is 3.65. The van der Waals surface area contributed by atoms with Gasteiger partial charge >= 0.3 is 0 Å². The van der Waals surface area contributed by atoms with Crippen molar-refractivity contribution in [2.75, 3.05) is 11.9 Å². The van der Waals surface area contributed by atoms with Crippen LogP contribution in [0.2, 0.25) is 0 Å². The number of nitrogens with one attached hydrogen (secondary N) is 1. The van der Waals surface area contributed by atoms with Crippen LogP contribution in [0.3, 0.4) is 0 Å². The maximum atomic E-state index is 13.1. The summed E-state index contributed by atoms with van der Waals surface area (Å²) in [6.07, 6.45) is 0. The van der Waals surface area contributed by atoms with Crippen LogP contribution in [0, 0.1) is 19.7 Å². The fourth-order valence-electron chi connectivity index (χ4n) is 2.82. The first-order valence-corrected chi connectivity index (χ1v) is 8.13. The second-order valence-electron chi connectivity index (χ2n) is 6.04. The molecule has 128 valence electrons. The SMILES string of the molecule is CCN1C(=O)C(Nc2ccc(F)cc2)=C(c2ccc(C)c(C)c2)C1=O. The molecule has 5 heteroatoms. The summed E-state index contributed by atoms with van der Waals surface area (Å²) in [5.74, 6) is -1.05. The van der Waals surface area contributed by atoms with Crippen molar-refractivity contribution < 1.29 is 14.0 Å². The molecule has 0 fully saturated rings. The van der Waals surface area contributed by atoms with Gasteiger partial charge in [0.2, 0.25) is 0 Å². The summed E-state index contributed by atoms with van der Waals surface area (Å²) >= 11 is 0. The number of carbonyl (C=O) groups excluding carboxylic acids is 2. The maximum Gasteiger partial charge on any atom is 0.278 e. The number of likely N-dealkylation sites (N-methyl/N-ethyl adjacent to an activating group) is 1. The number of benzene rings is 2. The van der Waals surface area contributed by atoms with Crippen molar-refractivity contribution in [1.29, 1.82) is 0 Å². The van der Waals surface area contributed by atoms with Gasteiger partial charge in [0, 0.05) is 12.2 Å². The molecule has 1 aliphatic heterocycles. The molecule has 1 aliphatic rings. The van der Waals surface area contributed by atoms with E-state index in [4.69, 9.17) is 0 Å². The Labute approximate surface area is 146 Å². The summed E-state index contributed by atoms with van der Waals surface area (Å²) in [4.78, 5) is 26.6. The van der Waals surface area contributed by atoms with Gasteiger partial charge in [-0.05, 0) is 61.7 Å². The van der Waals surface area contributed by atoms with Crippen LogP contribution in [0.15, 0.2) is 48.2 Å². The van der Waals surface area contributed by atoms with Gasteiger partial charge in [-0.2, -0.15) is 0 Å². The number of hydrogen-bond acceptors (Lipinski definition) is 3. The molecular formula is C20H19FN2O2. The van der Waals surface area contributed by atoms with E-state index in [-0.39, 0.29) is 23.3 Å². The van der Waals surface area contributed by atoms with E-state index in [1.54, 1.807) is 6.92 Å². The maximum absolute atomic E-state index is 13.1. The van der Waals surface area contributed by atoms with Crippen LogP contribution in [0.4, 0.5) is 10.1 Å². The number of nitrogens with zero attached hydrogens (tertiary/aromatic N) is 1. The molecule has 25 heavy (non-hydrogen) atoms. The van der Waals surface area contributed by atoms with E-state index in [0.29, 0.717) is 23.4 Å². The van der Waals surface area contributed by atoms with E-state index in [0.717, 1.165) is 11.1 Å². The van der Waals surface area contributed by atoms with Crippen molar-refractivity contribution >= 4 is 23.1 Å². The van der Waals surface area contributed by atoms with Gasteiger partial charge in [0.05, 0.1) is 5.57 Å². The first-order chi connectivity index (χ1) is 11.9. The van der Waals surface area contributed by atoms with E-state index >= 15 is 0 Å². The molecule has 2 aromatic rings. The van der Waals surface area contributed by atoms with Crippen LogP contribution in [-0.4, -0.2) is 23.3 Å². The van der Waals surface area contributed by atoms with E-state index < -0.39 is 0 Å². The normalized spacial score (nSPS) is 14.5. The minimum atomic E-state index is -0.370. The molecule has 2 aromatic carbocycles. The van der Waals surface area contributed by atoms with Crippen LogP contribution >= 0.6 is 0 Å². The standard InChI is InChI=1S/C20H19FN2O2/c1-4-23-19(24)17(14-6-5-12(2)13(3)11-14)18(20(23)25)22-16-9-7-15(21)8-10-16/h5-11,22H,4H2,1-3H3. The average molecular weight is 338 g/mol. The lowest BCUT2D eigenvalue weighted by molar-refractivity contribution is -0.136. The highest BCUT2D eigenvalue weighted by molar-refractivity contribution is 6.36. The Morgan fingerprint density at radius 3 is 2.24 bits per heavy atom. The highest BCUT2D eigenvalue weighted by atomic mass is 19.1. The third-order valence-electron chi connectivity index (χ3n) is 4.39. The van der Waals surface area contributed by atoms with E-state index in [2.05, 4.69) is 5.32 Å². The molecule has 0 bridgehead atoms. The summed E-state index contributed by atoms with van der Waals surface area (Å²) in [5, 5.41) is 3.00. The Morgan fingerprint density at radius 2 is 1.64 bits per heavy atom. The van der Waals surface area contributed by atoms with E-state index in [1.807, 2.05) is 32.0 Å². The minimum absolute atomic E-state index is 0.224. The highest BCUT2D eigenvalue weighted by Gasteiger charge is 2.38. The zero-order valence-electron chi connectivity index (χ0n) is 14.4. The number of hydrogen-bond donors (Lipinski definition) is 1. The molecule has 3 rings (SSSR count). The molecule has 2 amide bonds. The van der Waals surface area contributed by atoms with Crippen LogP contribution < -0.4 is 5.32 Å². The highest BCUT2D eigenvalue weighted by Crippen LogP contribution is 2.31. The van der Waals surface area contributed by atoms with E-state index in [9.17, 15) is 14.0 Å². The molecule has 0 atom stereocenters. The molecule has 0 saturated carbocycles. The Kier molecular flexibility index (Phi) is 4.40. The number of halogens is 1. The van der Waals surface area contributed by atoms with Crippen LogP contribution in [0.1, 0.15) is 23.6 Å². The largest absolute Gasteiger partial charge is 0.350 e. The number of anilines is 1. The first kappa shape index (κ1) is 16.9. The summed E-state index contributed by atoms with van der Waals surface area (Å²) in [6, 6.07) is 11.4. The van der Waals surface area contributed by atoms with Crippen molar-refractivity contribution in [3.8, 4) is 0 Å². The van der Waals surface area contributed by atoms with Gasteiger partial charge in [0.25, 0.3) is 11.8 Å². The number of rotatable bonds is 4. The quantitative estimate of drug-likeness (QED) is 0.866. The van der Waals surface area contributed by atoms with Crippen LogP contribution in [-0.2, 0) is 9.59 Å². The monoisotopic (exact) mass is 338 g/mol. The molecule has 0 aromatic heterocycles. The second-order valence-corrected chi connectivity index (χ2v) is 6.04.